The number of fused-ring (bicyclic) bond motifs is 5. The molecule has 4 aliphatic carbocycles. The van der Waals surface area contributed by atoms with E-state index in [-0.39, 0.29) is 0 Å². The van der Waals surface area contributed by atoms with Gasteiger partial charge in [-0.15, -0.1) is 0 Å². The Morgan fingerprint density at radius 3 is 2.23 bits per heavy atom. The van der Waals surface area contributed by atoms with Crippen molar-refractivity contribution in [3.63, 3.8) is 0 Å². The zero-order valence-corrected chi connectivity index (χ0v) is 19.4. The first kappa shape index (κ1) is 19.5. The predicted octanol–water partition coefficient (Wildman–Crippen LogP) is 7.28. The van der Waals surface area contributed by atoms with Gasteiger partial charge in [-0.25, -0.2) is 0 Å². The minimum Gasteiger partial charge on any atom is -0.415 e. The second-order valence-corrected chi connectivity index (χ2v) is 16.5. The van der Waals surface area contributed by atoms with Crippen LogP contribution in [0, 0.1) is 40.4 Å². The second-order valence-electron chi connectivity index (χ2n) is 12.0. The van der Waals surface area contributed by atoms with Crippen LogP contribution in [0.4, 0.5) is 0 Å². The maximum absolute atomic E-state index is 6.56. The molecule has 0 bridgehead atoms. The van der Waals surface area contributed by atoms with Crippen molar-refractivity contribution >= 4 is 8.32 Å². The highest BCUT2D eigenvalue weighted by Gasteiger charge is 2.59. The van der Waals surface area contributed by atoms with Gasteiger partial charge in [-0.1, -0.05) is 27.2 Å². The molecule has 150 valence electrons. The van der Waals surface area contributed by atoms with Gasteiger partial charge in [0.2, 0.25) is 0 Å². The van der Waals surface area contributed by atoms with Gasteiger partial charge in [0.25, 0.3) is 0 Å². The molecule has 8 atom stereocenters. The van der Waals surface area contributed by atoms with Crippen LogP contribution >= 0.6 is 0 Å². The summed E-state index contributed by atoms with van der Waals surface area (Å²) in [6.45, 7) is 14.9. The van der Waals surface area contributed by atoms with E-state index in [4.69, 9.17) is 4.43 Å². The first-order valence-electron chi connectivity index (χ1n) is 11.8. The largest absolute Gasteiger partial charge is 0.415 e. The third-order valence-corrected chi connectivity index (χ3v) is 10.9. The third-order valence-electron chi connectivity index (χ3n) is 9.83. The maximum Gasteiger partial charge on any atom is 0.184 e. The average molecular weight is 377 g/mol. The van der Waals surface area contributed by atoms with Gasteiger partial charge < -0.3 is 4.43 Å². The van der Waals surface area contributed by atoms with Crippen molar-refractivity contribution in [2.75, 3.05) is 0 Å². The predicted molar refractivity (Wildman–Crippen MR) is 114 cm³/mol. The Bertz CT molecular complexity index is 525. The molecule has 0 aromatic rings. The molecule has 0 aromatic heterocycles. The summed E-state index contributed by atoms with van der Waals surface area (Å²) >= 11 is 0. The molecule has 3 unspecified atom stereocenters. The lowest BCUT2D eigenvalue weighted by atomic mass is 9.44. The zero-order valence-electron chi connectivity index (χ0n) is 18.4. The molecule has 0 heterocycles. The molecule has 0 aromatic carbocycles. The van der Waals surface area contributed by atoms with Gasteiger partial charge in [0.05, 0.1) is 0 Å². The van der Waals surface area contributed by atoms with Crippen LogP contribution in [-0.4, -0.2) is 14.4 Å². The first-order valence-corrected chi connectivity index (χ1v) is 15.3. The van der Waals surface area contributed by atoms with E-state index in [2.05, 4.69) is 40.4 Å². The van der Waals surface area contributed by atoms with Crippen LogP contribution in [0.25, 0.3) is 0 Å². The molecular weight excluding hydrogens is 332 g/mol. The molecule has 4 rings (SSSR count). The minimum atomic E-state index is -1.40. The van der Waals surface area contributed by atoms with E-state index in [1.54, 1.807) is 0 Å². The van der Waals surface area contributed by atoms with Crippen LogP contribution in [0.2, 0.25) is 19.6 Å². The fourth-order valence-corrected chi connectivity index (χ4v) is 9.82. The first-order chi connectivity index (χ1) is 12.2. The Kier molecular flexibility index (Phi) is 4.96. The summed E-state index contributed by atoms with van der Waals surface area (Å²) in [6, 6.07) is 0. The molecule has 2 heteroatoms. The Labute approximate surface area is 164 Å². The van der Waals surface area contributed by atoms with Gasteiger partial charge in [-0.2, -0.15) is 0 Å². The van der Waals surface area contributed by atoms with Crippen molar-refractivity contribution in [1.82, 2.24) is 0 Å². The van der Waals surface area contributed by atoms with Crippen molar-refractivity contribution in [3.05, 3.63) is 0 Å². The Balaban J connectivity index is 1.51. The molecule has 1 nitrogen and oxygen atoms in total. The van der Waals surface area contributed by atoms with E-state index in [0.717, 1.165) is 29.6 Å². The van der Waals surface area contributed by atoms with Crippen molar-refractivity contribution in [2.24, 2.45) is 40.4 Å². The average Bonchev–Trinajstić information content (AvgIpc) is 2.90. The number of rotatable bonds is 3. The van der Waals surface area contributed by atoms with Gasteiger partial charge in [0.1, 0.15) is 0 Å². The monoisotopic (exact) mass is 376 g/mol. The minimum absolute atomic E-state index is 0.570. The molecule has 4 fully saturated rings. The lowest BCUT2D eigenvalue weighted by Crippen LogP contribution is -2.54. The molecule has 0 aliphatic heterocycles. The van der Waals surface area contributed by atoms with Crippen LogP contribution in [0.15, 0.2) is 0 Å². The standard InChI is InChI=1S/C24H44OSi/c1-7-17-9-11-21-20-10-8-18-16-19(25-26(4,5)6)12-14-24(18,3)22(20)13-15-23(17,21)2/h17-22H,7-16H2,1-6H3/t17-,18+,19-,20?,21?,22?,23+,24-/m0/s1. The maximum atomic E-state index is 6.56. The highest BCUT2D eigenvalue weighted by molar-refractivity contribution is 6.69. The van der Waals surface area contributed by atoms with Crippen molar-refractivity contribution in [1.29, 1.82) is 0 Å². The smallest absolute Gasteiger partial charge is 0.184 e. The summed E-state index contributed by atoms with van der Waals surface area (Å²) in [5.41, 5.74) is 1.30. The van der Waals surface area contributed by atoms with E-state index < -0.39 is 8.32 Å². The van der Waals surface area contributed by atoms with E-state index in [9.17, 15) is 0 Å². The van der Waals surface area contributed by atoms with Crippen LogP contribution in [0.1, 0.15) is 85.0 Å². The van der Waals surface area contributed by atoms with E-state index in [1.807, 2.05) is 0 Å². The van der Waals surface area contributed by atoms with Gasteiger partial charge in [-0.05, 0) is 118 Å². The molecular formula is C24H44OSi. The van der Waals surface area contributed by atoms with Gasteiger partial charge in [0, 0.05) is 6.10 Å². The van der Waals surface area contributed by atoms with E-state index in [1.165, 1.54) is 64.2 Å². The second kappa shape index (κ2) is 6.61. The quantitative estimate of drug-likeness (QED) is 0.470. The number of hydrogen-bond acceptors (Lipinski definition) is 1. The molecule has 4 saturated carbocycles. The van der Waals surface area contributed by atoms with Gasteiger partial charge in [-0.3, -0.25) is 0 Å². The fourth-order valence-electron chi connectivity index (χ4n) is 8.61. The zero-order chi connectivity index (χ0) is 18.7. The highest BCUT2D eigenvalue weighted by atomic mass is 28.4. The SMILES string of the molecule is CC[C@H]1CCC2C3CC[C@@H]4C[C@@H](O[Si](C)(C)C)CC[C@]4(C)C3CC[C@@]21C. The lowest BCUT2D eigenvalue weighted by molar-refractivity contribution is -0.124. The molecule has 0 radical (unpaired) electrons. The van der Waals surface area contributed by atoms with Gasteiger partial charge in [0.15, 0.2) is 8.32 Å². The molecule has 0 N–H and O–H groups in total. The lowest BCUT2D eigenvalue weighted by Gasteiger charge is -2.61. The molecule has 4 aliphatic rings. The summed E-state index contributed by atoms with van der Waals surface area (Å²) in [6.07, 6.45) is 15.3. The van der Waals surface area contributed by atoms with Crippen LogP contribution in [0.5, 0.6) is 0 Å². The fraction of sp³-hybridized carbons (Fsp3) is 1.00. The summed E-state index contributed by atoms with van der Waals surface area (Å²) in [5.74, 6) is 5.05. The third kappa shape index (κ3) is 3.06. The van der Waals surface area contributed by atoms with Crippen molar-refractivity contribution in [3.8, 4) is 0 Å². The summed E-state index contributed by atoms with van der Waals surface area (Å²) in [4.78, 5) is 0. The highest BCUT2D eigenvalue weighted by Crippen LogP contribution is 2.67. The summed E-state index contributed by atoms with van der Waals surface area (Å²) in [7, 11) is -1.40. The Hall–Kier alpha value is 0.177. The summed E-state index contributed by atoms with van der Waals surface area (Å²) < 4.78 is 6.56. The normalized spacial score (nSPS) is 51.5. The molecule has 0 spiro atoms. The Morgan fingerprint density at radius 2 is 1.54 bits per heavy atom. The molecule has 0 amide bonds. The van der Waals surface area contributed by atoms with E-state index >= 15 is 0 Å². The van der Waals surface area contributed by atoms with Crippen LogP contribution < -0.4 is 0 Å². The van der Waals surface area contributed by atoms with E-state index in [0.29, 0.717) is 16.9 Å². The number of hydrogen-bond donors (Lipinski definition) is 0. The Morgan fingerprint density at radius 1 is 0.846 bits per heavy atom. The molecule has 0 saturated heterocycles. The van der Waals surface area contributed by atoms with Crippen LogP contribution in [-0.2, 0) is 4.43 Å². The van der Waals surface area contributed by atoms with Crippen molar-refractivity contribution < 1.29 is 4.43 Å². The van der Waals surface area contributed by atoms with Gasteiger partial charge >= 0.3 is 0 Å². The van der Waals surface area contributed by atoms with Crippen LogP contribution in [0.3, 0.4) is 0 Å². The summed E-state index contributed by atoms with van der Waals surface area (Å²) in [5, 5.41) is 0. The molecule has 26 heavy (non-hydrogen) atoms. The topological polar surface area (TPSA) is 9.23 Å². The van der Waals surface area contributed by atoms with Crippen molar-refractivity contribution in [2.45, 2.75) is 111 Å².